The molecule has 1 amide bonds. The molecule has 1 rings (SSSR count). The summed E-state index contributed by atoms with van der Waals surface area (Å²) in [5, 5.41) is 3.70. The molecule has 0 spiro atoms. The van der Waals surface area contributed by atoms with Gasteiger partial charge in [0.1, 0.15) is 5.60 Å². The smallest absolute Gasteiger partial charge is 0.410 e. The molecular formula is C18H36N2O2. The Morgan fingerprint density at radius 2 is 2.00 bits per heavy atom. The summed E-state index contributed by atoms with van der Waals surface area (Å²) in [7, 11) is 0. The topological polar surface area (TPSA) is 41.6 Å². The van der Waals surface area contributed by atoms with Gasteiger partial charge in [0.25, 0.3) is 0 Å². The highest BCUT2D eigenvalue weighted by Crippen LogP contribution is 2.21. The van der Waals surface area contributed by atoms with Crippen molar-refractivity contribution in [3.05, 3.63) is 0 Å². The maximum Gasteiger partial charge on any atom is 0.410 e. The first-order valence-corrected chi connectivity index (χ1v) is 9.10. The number of carbonyl (C=O) groups excluding carboxylic acids is 1. The van der Waals surface area contributed by atoms with E-state index in [0.29, 0.717) is 6.04 Å². The van der Waals surface area contributed by atoms with E-state index in [1.54, 1.807) is 0 Å². The second-order valence-corrected chi connectivity index (χ2v) is 7.51. The van der Waals surface area contributed by atoms with E-state index in [1.165, 1.54) is 32.1 Å². The van der Waals surface area contributed by atoms with Crippen LogP contribution in [-0.2, 0) is 4.74 Å². The summed E-state index contributed by atoms with van der Waals surface area (Å²) in [6, 6.07) is 0.877. The first-order valence-electron chi connectivity index (χ1n) is 9.10. The zero-order chi connectivity index (χ0) is 16.6. The van der Waals surface area contributed by atoms with Crippen molar-refractivity contribution in [1.82, 2.24) is 10.2 Å². The predicted molar refractivity (Wildman–Crippen MR) is 92.2 cm³/mol. The normalized spacial score (nSPS) is 20.2. The van der Waals surface area contributed by atoms with Crippen LogP contribution < -0.4 is 5.32 Å². The highest BCUT2D eigenvalue weighted by atomic mass is 16.6. The fraction of sp³-hybridized carbons (Fsp3) is 0.944. The molecule has 0 saturated carbocycles. The quantitative estimate of drug-likeness (QED) is 0.725. The van der Waals surface area contributed by atoms with Crippen LogP contribution >= 0.6 is 0 Å². The lowest BCUT2D eigenvalue weighted by atomic mass is 10.0. The van der Waals surface area contributed by atoms with Crippen LogP contribution in [0.2, 0.25) is 0 Å². The van der Waals surface area contributed by atoms with Crippen LogP contribution in [-0.4, -0.2) is 41.8 Å². The number of nitrogens with one attached hydrogen (secondary N) is 1. The van der Waals surface area contributed by atoms with Crippen molar-refractivity contribution in [2.24, 2.45) is 0 Å². The van der Waals surface area contributed by atoms with Gasteiger partial charge in [0, 0.05) is 25.2 Å². The van der Waals surface area contributed by atoms with Crippen molar-refractivity contribution in [2.45, 2.75) is 97.2 Å². The molecule has 0 aliphatic carbocycles. The van der Waals surface area contributed by atoms with E-state index >= 15 is 0 Å². The molecule has 1 heterocycles. The maximum absolute atomic E-state index is 12.3. The number of likely N-dealkylation sites (tertiary alicyclic amines) is 1. The van der Waals surface area contributed by atoms with Crippen LogP contribution in [0.3, 0.4) is 0 Å². The number of hydrogen-bond acceptors (Lipinski definition) is 3. The average Bonchev–Trinajstić information content (AvgIpc) is 2.88. The maximum atomic E-state index is 12.3. The van der Waals surface area contributed by atoms with E-state index in [4.69, 9.17) is 4.74 Å². The summed E-state index contributed by atoms with van der Waals surface area (Å²) < 4.78 is 5.53. The summed E-state index contributed by atoms with van der Waals surface area (Å²) in [5.41, 5.74) is -0.413. The molecule has 22 heavy (non-hydrogen) atoms. The lowest BCUT2D eigenvalue weighted by Gasteiger charge is -2.30. The molecule has 0 bridgehead atoms. The van der Waals surface area contributed by atoms with Crippen LogP contribution in [0.15, 0.2) is 0 Å². The molecule has 1 saturated heterocycles. The zero-order valence-corrected chi connectivity index (χ0v) is 15.3. The van der Waals surface area contributed by atoms with Gasteiger partial charge in [-0.25, -0.2) is 4.79 Å². The molecule has 4 nitrogen and oxygen atoms in total. The molecule has 0 aromatic rings. The molecule has 0 aromatic carbocycles. The van der Waals surface area contributed by atoms with Gasteiger partial charge in [-0.1, -0.05) is 33.1 Å². The van der Waals surface area contributed by atoms with Crippen molar-refractivity contribution >= 4 is 6.09 Å². The Morgan fingerprint density at radius 1 is 1.27 bits per heavy atom. The third-order valence-electron chi connectivity index (χ3n) is 4.19. The number of amides is 1. The van der Waals surface area contributed by atoms with Gasteiger partial charge in [0.05, 0.1) is 0 Å². The van der Waals surface area contributed by atoms with Gasteiger partial charge in [-0.3, -0.25) is 0 Å². The minimum absolute atomic E-state index is 0.155. The fourth-order valence-corrected chi connectivity index (χ4v) is 3.06. The van der Waals surface area contributed by atoms with Gasteiger partial charge in [-0.15, -0.1) is 0 Å². The van der Waals surface area contributed by atoms with E-state index < -0.39 is 5.60 Å². The monoisotopic (exact) mass is 312 g/mol. The van der Waals surface area contributed by atoms with Crippen LogP contribution in [0.1, 0.15) is 79.6 Å². The van der Waals surface area contributed by atoms with Crippen molar-refractivity contribution in [3.8, 4) is 0 Å². The molecular weight excluding hydrogens is 276 g/mol. The first kappa shape index (κ1) is 19.3. The van der Waals surface area contributed by atoms with Gasteiger partial charge in [0.2, 0.25) is 0 Å². The van der Waals surface area contributed by atoms with E-state index in [9.17, 15) is 4.79 Å². The number of hydrogen-bond donors (Lipinski definition) is 1. The molecule has 1 aliphatic rings. The number of ether oxygens (including phenoxy) is 1. The SMILES string of the molecule is CCCCC(CCC)NCC1CCCN1C(=O)OC(C)(C)C. The van der Waals surface area contributed by atoms with Gasteiger partial charge in [-0.2, -0.15) is 0 Å². The van der Waals surface area contributed by atoms with E-state index in [2.05, 4.69) is 19.2 Å². The highest BCUT2D eigenvalue weighted by molar-refractivity contribution is 5.69. The Bertz CT molecular complexity index is 326. The Labute approximate surface area is 137 Å². The second-order valence-electron chi connectivity index (χ2n) is 7.51. The molecule has 0 aromatic heterocycles. The number of carbonyl (C=O) groups is 1. The molecule has 1 N–H and O–H groups in total. The van der Waals surface area contributed by atoms with Crippen molar-refractivity contribution in [3.63, 3.8) is 0 Å². The summed E-state index contributed by atoms with van der Waals surface area (Å²) in [4.78, 5) is 14.2. The number of unbranched alkanes of at least 4 members (excludes halogenated alkanes) is 1. The minimum atomic E-state index is -0.413. The third-order valence-corrected chi connectivity index (χ3v) is 4.19. The third kappa shape index (κ3) is 6.99. The van der Waals surface area contributed by atoms with E-state index in [1.807, 2.05) is 25.7 Å². The molecule has 2 unspecified atom stereocenters. The second kappa shape index (κ2) is 9.39. The van der Waals surface area contributed by atoms with Crippen molar-refractivity contribution in [1.29, 1.82) is 0 Å². The fourth-order valence-electron chi connectivity index (χ4n) is 3.06. The number of rotatable bonds is 8. The molecule has 130 valence electrons. The molecule has 1 aliphatic heterocycles. The van der Waals surface area contributed by atoms with Crippen LogP contribution in [0.4, 0.5) is 4.79 Å². The Balaban J connectivity index is 2.46. The standard InChI is InChI=1S/C18H36N2O2/c1-6-8-11-15(10-7-2)19-14-16-12-9-13-20(16)17(21)22-18(3,4)5/h15-16,19H,6-14H2,1-5H3. The summed E-state index contributed by atoms with van der Waals surface area (Å²) in [6.45, 7) is 12.0. The molecule has 4 heteroatoms. The largest absolute Gasteiger partial charge is 0.444 e. The molecule has 1 fully saturated rings. The van der Waals surface area contributed by atoms with Crippen LogP contribution in [0.25, 0.3) is 0 Å². The average molecular weight is 312 g/mol. The van der Waals surface area contributed by atoms with Gasteiger partial charge in [-0.05, 0) is 46.5 Å². The lowest BCUT2D eigenvalue weighted by Crippen LogP contribution is -2.46. The predicted octanol–water partition coefficient (Wildman–Crippen LogP) is 4.33. The van der Waals surface area contributed by atoms with Crippen LogP contribution in [0, 0.1) is 0 Å². The van der Waals surface area contributed by atoms with Crippen molar-refractivity contribution in [2.75, 3.05) is 13.1 Å². The van der Waals surface area contributed by atoms with E-state index in [-0.39, 0.29) is 12.1 Å². The number of nitrogens with zero attached hydrogens (tertiary/aromatic N) is 1. The minimum Gasteiger partial charge on any atom is -0.444 e. The molecule has 0 radical (unpaired) electrons. The lowest BCUT2D eigenvalue weighted by molar-refractivity contribution is 0.0224. The van der Waals surface area contributed by atoms with Gasteiger partial charge >= 0.3 is 6.09 Å². The summed E-state index contributed by atoms with van der Waals surface area (Å²) in [5.74, 6) is 0. The zero-order valence-electron chi connectivity index (χ0n) is 15.3. The van der Waals surface area contributed by atoms with Gasteiger partial charge < -0.3 is 15.0 Å². The Morgan fingerprint density at radius 3 is 2.59 bits per heavy atom. The summed E-state index contributed by atoms with van der Waals surface area (Å²) >= 11 is 0. The first-order chi connectivity index (χ1) is 10.4. The van der Waals surface area contributed by atoms with Crippen molar-refractivity contribution < 1.29 is 9.53 Å². The van der Waals surface area contributed by atoms with Gasteiger partial charge in [0.15, 0.2) is 0 Å². The van der Waals surface area contributed by atoms with E-state index in [0.717, 1.165) is 25.9 Å². The van der Waals surface area contributed by atoms with Crippen LogP contribution in [0.5, 0.6) is 0 Å². The highest BCUT2D eigenvalue weighted by Gasteiger charge is 2.32. The molecule has 2 atom stereocenters. The Hall–Kier alpha value is -0.770. The summed E-state index contributed by atoms with van der Waals surface area (Å²) in [6.07, 6.45) is 8.20. The Kier molecular flexibility index (Phi) is 8.23.